The maximum Gasteiger partial charge on any atom is 0.203 e. The number of halogens is 1. The summed E-state index contributed by atoms with van der Waals surface area (Å²) in [6.07, 6.45) is 0. The predicted octanol–water partition coefficient (Wildman–Crippen LogP) is 3.40. The highest BCUT2D eigenvalue weighted by atomic mass is 32.1. The molecule has 0 spiro atoms. The molecule has 0 radical (unpaired) electrons. The van der Waals surface area contributed by atoms with E-state index in [4.69, 9.17) is 17.3 Å². The molecule has 29 heavy (non-hydrogen) atoms. The van der Waals surface area contributed by atoms with Crippen LogP contribution in [0.5, 0.6) is 0 Å². The second kappa shape index (κ2) is 9.47. The van der Waals surface area contributed by atoms with Gasteiger partial charge in [-0.25, -0.2) is 9.07 Å². The van der Waals surface area contributed by atoms with Gasteiger partial charge in [0.2, 0.25) is 4.77 Å². The lowest BCUT2D eigenvalue weighted by Gasteiger charge is -2.35. The highest BCUT2D eigenvalue weighted by molar-refractivity contribution is 7.71. The zero-order chi connectivity index (χ0) is 21.1. The third-order valence-electron chi connectivity index (χ3n) is 5.52. The molecule has 3 rings (SSSR count). The molecule has 1 aromatic heterocycles. The molecular weight excluding hydrogens is 387 g/mol. The summed E-state index contributed by atoms with van der Waals surface area (Å²) >= 11 is 5.80. The zero-order valence-electron chi connectivity index (χ0n) is 18.2. The summed E-state index contributed by atoms with van der Waals surface area (Å²) in [4.78, 5) is 7.03. The van der Waals surface area contributed by atoms with Crippen molar-refractivity contribution in [2.45, 2.75) is 33.5 Å². The molecule has 1 atom stereocenters. The Morgan fingerprint density at radius 2 is 1.62 bits per heavy atom. The van der Waals surface area contributed by atoms with E-state index in [-0.39, 0.29) is 11.9 Å². The SMILES string of the molecule is CC(C)CN1CCN(Cn2nc(C(C)N(C)C)n(-c3ccc(F)cc3)c2=S)CC1. The molecule has 0 aliphatic carbocycles. The van der Waals surface area contributed by atoms with Gasteiger partial charge in [0.05, 0.1) is 12.7 Å². The molecule has 0 saturated carbocycles. The van der Waals surface area contributed by atoms with Gasteiger partial charge in [0.1, 0.15) is 5.82 Å². The Balaban J connectivity index is 1.84. The first-order valence-corrected chi connectivity index (χ1v) is 10.7. The lowest BCUT2D eigenvalue weighted by atomic mass is 10.2. The van der Waals surface area contributed by atoms with E-state index < -0.39 is 0 Å². The van der Waals surface area contributed by atoms with Crippen LogP contribution in [0.15, 0.2) is 24.3 Å². The Morgan fingerprint density at radius 3 is 2.17 bits per heavy atom. The summed E-state index contributed by atoms with van der Waals surface area (Å²) in [7, 11) is 4.05. The quantitative estimate of drug-likeness (QED) is 0.641. The van der Waals surface area contributed by atoms with Crippen LogP contribution in [0.3, 0.4) is 0 Å². The van der Waals surface area contributed by atoms with E-state index in [1.165, 1.54) is 12.1 Å². The van der Waals surface area contributed by atoms with Crippen molar-refractivity contribution in [1.82, 2.24) is 29.0 Å². The molecule has 1 aromatic carbocycles. The number of aromatic nitrogens is 3. The monoisotopic (exact) mass is 420 g/mol. The van der Waals surface area contributed by atoms with Gasteiger partial charge in [-0.15, -0.1) is 0 Å². The third kappa shape index (κ3) is 5.31. The van der Waals surface area contributed by atoms with Gasteiger partial charge in [-0.1, -0.05) is 13.8 Å². The van der Waals surface area contributed by atoms with Gasteiger partial charge in [0, 0.05) is 38.4 Å². The average Bonchev–Trinajstić information content (AvgIpc) is 2.99. The number of nitrogens with zero attached hydrogens (tertiary/aromatic N) is 6. The Kier molecular flexibility index (Phi) is 7.21. The lowest BCUT2D eigenvalue weighted by molar-refractivity contribution is 0.0947. The predicted molar refractivity (Wildman–Crippen MR) is 117 cm³/mol. The van der Waals surface area contributed by atoms with Crippen LogP contribution in [0.25, 0.3) is 5.69 Å². The highest BCUT2D eigenvalue weighted by Gasteiger charge is 2.23. The summed E-state index contributed by atoms with van der Waals surface area (Å²) in [5.74, 6) is 1.30. The van der Waals surface area contributed by atoms with Gasteiger partial charge < -0.3 is 4.90 Å². The molecule has 160 valence electrons. The minimum Gasteiger partial charge on any atom is -0.301 e. The largest absolute Gasteiger partial charge is 0.301 e. The van der Waals surface area contributed by atoms with Crippen molar-refractivity contribution in [2.24, 2.45) is 5.92 Å². The Hall–Kier alpha value is -1.61. The van der Waals surface area contributed by atoms with Crippen molar-refractivity contribution in [2.75, 3.05) is 46.8 Å². The fraction of sp³-hybridized carbons (Fsp3) is 0.619. The van der Waals surface area contributed by atoms with Gasteiger partial charge in [0.15, 0.2) is 5.82 Å². The van der Waals surface area contributed by atoms with Crippen LogP contribution in [0.2, 0.25) is 0 Å². The first-order chi connectivity index (χ1) is 13.8. The minimum atomic E-state index is -0.255. The van der Waals surface area contributed by atoms with Crippen LogP contribution in [0.1, 0.15) is 32.6 Å². The average molecular weight is 421 g/mol. The van der Waals surface area contributed by atoms with Gasteiger partial charge in [-0.2, -0.15) is 5.10 Å². The molecule has 0 N–H and O–H groups in total. The second-order valence-electron chi connectivity index (χ2n) is 8.55. The van der Waals surface area contributed by atoms with Crippen LogP contribution < -0.4 is 0 Å². The molecular formula is C21H33FN6S. The van der Waals surface area contributed by atoms with E-state index in [2.05, 4.69) is 35.5 Å². The third-order valence-corrected chi connectivity index (χ3v) is 5.91. The van der Waals surface area contributed by atoms with Crippen molar-refractivity contribution in [3.05, 3.63) is 40.7 Å². The number of benzene rings is 1. The molecule has 0 bridgehead atoms. The second-order valence-corrected chi connectivity index (χ2v) is 8.91. The van der Waals surface area contributed by atoms with Crippen molar-refractivity contribution in [1.29, 1.82) is 0 Å². The first kappa shape index (κ1) is 22.1. The summed E-state index contributed by atoms with van der Waals surface area (Å²) in [6, 6.07) is 6.52. The molecule has 2 aromatic rings. The molecule has 0 amide bonds. The number of hydrogen-bond donors (Lipinski definition) is 0. The molecule has 1 aliphatic heterocycles. The smallest absolute Gasteiger partial charge is 0.203 e. The summed E-state index contributed by atoms with van der Waals surface area (Å²) in [5, 5.41) is 4.88. The van der Waals surface area contributed by atoms with Crippen molar-refractivity contribution in [3.63, 3.8) is 0 Å². The molecule has 1 unspecified atom stereocenters. The summed E-state index contributed by atoms with van der Waals surface area (Å²) in [5.41, 5.74) is 0.841. The minimum absolute atomic E-state index is 0.0749. The van der Waals surface area contributed by atoms with E-state index >= 15 is 0 Å². The van der Waals surface area contributed by atoms with E-state index in [9.17, 15) is 4.39 Å². The van der Waals surface area contributed by atoms with E-state index in [0.717, 1.165) is 44.2 Å². The molecule has 1 fully saturated rings. The zero-order valence-corrected chi connectivity index (χ0v) is 19.0. The summed E-state index contributed by atoms with van der Waals surface area (Å²) < 4.78 is 18.0. The summed E-state index contributed by atoms with van der Waals surface area (Å²) in [6.45, 7) is 12.6. The van der Waals surface area contributed by atoms with Crippen molar-refractivity contribution in [3.8, 4) is 5.69 Å². The van der Waals surface area contributed by atoms with Crippen molar-refractivity contribution >= 4 is 12.2 Å². The van der Waals surface area contributed by atoms with Crippen LogP contribution >= 0.6 is 12.2 Å². The normalized spacial score (nSPS) is 17.4. The Labute approximate surface area is 178 Å². The van der Waals surface area contributed by atoms with Crippen LogP contribution in [-0.2, 0) is 6.67 Å². The lowest BCUT2D eigenvalue weighted by Crippen LogP contribution is -2.47. The van der Waals surface area contributed by atoms with Gasteiger partial charge in [-0.3, -0.25) is 14.4 Å². The number of hydrogen-bond acceptors (Lipinski definition) is 5. The Morgan fingerprint density at radius 1 is 1.03 bits per heavy atom. The first-order valence-electron chi connectivity index (χ1n) is 10.3. The molecule has 1 aliphatic rings. The molecule has 6 nitrogen and oxygen atoms in total. The number of rotatable bonds is 7. The highest BCUT2D eigenvalue weighted by Crippen LogP contribution is 2.22. The molecule has 2 heterocycles. The van der Waals surface area contributed by atoms with Gasteiger partial charge in [-0.05, 0) is 63.4 Å². The standard InChI is InChI=1S/C21H33FN6S/c1-16(2)14-25-10-12-26(13-11-25)15-27-21(29)28(19-8-6-18(22)7-9-19)20(23-27)17(3)24(4)5/h6-9,16-17H,10-15H2,1-5H3. The Bertz CT molecular complexity index is 849. The van der Waals surface area contributed by atoms with E-state index in [1.807, 2.05) is 23.3 Å². The molecule has 1 saturated heterocycles. The fourth-order valence-corrected chi connectivity index (χ4v) is 3.97. The maximum atomic E-state index is 13.4. The maximum absolute atomic E-state index is 13.4. The van der Waals surface area contributed by atoms with Crippen LogP contribution in [-0.4, -0.2) is 75.9 Å². The number of piperazine rings is 1. The fourth-order valence-electron chi connectivity index (χ4n) is 3.67. The molecule has 8 heteroatoms. The van der Waals surface area contributed by atoms with Gasteiger partial charge in [0.25, 0.3) is 0 Å². The van der Waals surface area contributed by atoms with Gasteiger partial charge >= 0.3 is 0 Å². The van der Waals surface area contributed by atoms with Crippen molar-refractivity contribution < 1.29 is 4.39 Å². The van der Waals surface area contributed by atoms with E-state index in [1.54, 1.807) is 12.1 Å². The topological polar surface area (TPSA) is 32.5 Å². The van der Waals surface area contributed by atoms with E-state index in [0.29, 0.717) is 17.4 Å². The van der Waals surface area contributed by atoms with Crippen LogP contribution in [0.4, 0.5) is 4.39 Å². The van der Waals surface area contributed by atoms with Crippen LogP contribution in [0, 0.1) is 16.5 Å².